The third-order valence-corrected chi connectivity index (χ3v) is 4.05. The molecule has 1 atom stereocenters. The summed E-state index contributed by atoms with van der Waals surface area (Å²) >= 11 is 5.74. The van der Waals surface area contributed by atoms with E-state index in [1.54, 1.807) is 6.07 Å². The van der Waals surface area contributed by atoms with Crippen LogP contribution in [0, 0.1) is 0 Å². The van der Waals surface area contributed by atoms with E-state index < -0.39 is 11.3 Å². The maximum Gasteiger partial charge on any atom is 0.326 e. The second-order valence-electron chi connectivity index (χ2n) is 4.85. The first-order chi connectivity index (χ1) is 8.59. The number of carboxylic acid groups (broad SMARTS) is 1. The van der Waals surface area contributed by atoms with Crippen LogP contribution < -0.4 is 0 Å². The molecule has 1 aromatic carbocycles. The number of carbonyl (C=O) groups is 1. The standard InChI is InChI=1S/C14H17ClO3/c15-13(14(17)18)10-6-7-11(12(16)8-10)9-4-2-1-3-5-9/h6-9,13,16H,1-5H2,(H,17,18). The Morgan fingerprint density at radius 3 is 2.50 bits per heavy atom. The van der Waals surface area contributed by atoms with Crippen molar-refractivity contribution in [1.29, 1.82) is 0 Å². The molecule has 0 spiro atoms. The topological polar surface area (TPSA) is 57.5 Å². The van der Waals surface area contributed by atoms with Gasteiger partial charge in [0.2, 0.25) is 0 Å². The Morgan fingerprint density at radius 2 is 1.94 bits per heavy atom. The number of benzene rings is 1. The zero-order valence-electron chi connectivity index (χ0n) is 10.1. The van der Waals surface area contributed by atoms with Crippen molar-refractivity contribution in [3.05, 3.63) is 29.3 Å². The molecule has 2 rings (SSSR count). The Kier molecular flexibility index (Phi) is 4.12. The van der Waals surface area contributed by atoms with Gasteiger partial charge in [0.1, 0.15) is 5.75 Å². The van der Waals surface area contributed by atoms with E-state index in [0.717, 1.165) is 18.4 Å². The SMILES string of the molecule is O=C(O)C(Cl)c1ccc(C2CCCCC2)c(O)c1. The molecule has 0 amide bonds. The average molecular weight is 269 g/mol. The first-order valence-electron chi connectivity index (χ1n) is 6.29. The van der Waals surface area contributed by atoms with Crippen LogP contribution in [-0.4, -0.2) is 16.2 Å². The first-order valence-corrected chi connectivity index (χ1v) is 6.73. The molecule has 1 unspecified atom stereocenters. The summed E-state index contributed by atoms with van der Waals surface area (Å²) < 4.78 is 0. The van der Waals surface area contributed by atoms with Crippen LogP contribution in [0.15, 0.2) is 18.2 Å². The van der Waals surface area contributed by atoms with Gasteiger partial charge < -0.3 is 10.2 Å². The maximum atomic E-state index is 10.8. The lowest BCUT2D eigenvalue weighted by Crippen LogP contribution is -2.07. The predicted octanol–water partition coefficient (Wildman–Crippen LogP) is 3.80. The second kappa shape index (κ2) is 5.61. The van der Waals surface area contributed by atoms with Gasteiger partial charge in [-0.1, -0.05) is 31.4 Å². The number of phenolic OH excluding ortho intramolecular Hbond substituents is 1. The number of aliphatic carboxylic acids is 1. The third-order valence-electron chi connectivity index (χ3n) is 3.61. The number of rotatable bonds is 3. The summed E-state index contributed by atoms with van der Waals surface area (Å²) in [6.07, 6.45) is 5.84. The molecule has 98 valence electrons. The molecule has 1 aliphatic rings. The average Bonchev–Trinajstić information content (AvgIpc) is 2.38. The number of aromatic hydroxyl groups is 1. The lowest BCUT2D eigenvalue weighted by molar-refractivity contribution is -0.136. The van der Waals surface area contributed by atoms with Crippen LogP contribution in [0.4, 0.5) is 0 Å². The van der Waals surface area contributed by atoms with Crippen molar-refractivity contribution in [2.24, 2.45) is 0 Å². The van der Waals surface area contributed by atoms with Crippen LogP contribution in [0.1, 0.15) is 54.5 Å². The minimum absolute atomic E-state index is 0.173. The van der Waals surface area contributed by atoms with E-state index in [1.165, 1.54) is 25.3 Å². The van der Waals surface area contributed by atoms with Crippen molar-refractivity contribution in [1.82, 2.24) is 0 Å². The molecule has 4 heteroatoms. The summed E-state index contributed by atoms with van der Waals surface area (Å²) in [5.41, 5.74) is 1.36. The molecule has 0 aromatic heterocycles. The highest BCUT2D eigenvalue weighted by Gasteiger charge is 2.21. The molecular weight excluding hydrogens is 252 g/mol. The predicted molar refractivity (Wildman–Crippen MR) is 70.2 cm³/mol. The van der Waals surface area contributed by atoms with E-state index >= 15 is 0 Å². The van der Waals surface area contributed by atoms with E-state index in [0.29, 0.717) is 11.5 Å². The molecule has 0 bridgehead atoms. The zero-order chi connectivity index (χ0) is 13.1. The fourth-order valence-corrected chi connectivity index (χ4v) is 2.76. The summed E-state index contributed by atoms with van der Waals surface area (Å²) in [4.78, 5) is 10.8. The highest BCUT2D eigenvalue weighted by atomic mass is 35.5. The normalized spacial score (nSPS) is 18.5. The monoisotopic (exact) mass is 268 g/mol. The lowest BCUT2D eigenvalue weighted by Gasteiger charge is -2.23. The van der Waals surface area contributed by atoms with E-state index in [2.05, 4.69) is 0 Å². The third kappa shape index (κ3) is 2.78. The van der Waals surface area contributed by atoms with Crippen LogP contribution in [0.3, 0.4) is 0 Å². The van der Waals surface area contributed by atoms with Crippen molar-refractivity contribution in [2.45, 2.75) is 43.4 Å². The molecule has 3 nitrogen and oxygen atoms in total. The van der Waals surface area contributed by atoms with Gasteiger partial charge in [0.15, 0.2) is 5.38 Å². The van der Waals surface area contributed by atoms with Crippen LogP contribution in [0.2, 0.25) is 0 Å². The Labute approximate surface area is 111 Å². The van der Waals surface area contributed by atoms with Crippen LogP contribution in [0.5, 0.6) is 5.75 Å². The van der Waals surface area contributed by atoms with Crippen molar-refractivity contribution in [3.8, 4) is 5.75 Å². The molecule has 0 saturated heterocycles. The molecule has 2 N–H and O–H groups in total. The number of halogens is 1. The van der Waals surface area contributed by atoms with Crippen molar-refractivity contribution in [2.75, 3.05) is 0 Å². The lowest BCUT2D eigenvalue weighted by atomic mass is 9.83. The van der Waals surface area contributed by atoms with Crippen molar-refractivity contribution < 1.29 is 15.0 Å². The van der Waals surface area contributed by atoms with Crippen molar-refractivity contribution >= 4 is 17.6 Å². The van der Waals surface area contributed by atoms with Gasteiger partial charge in [0.25, 0.3) is 0 Å². The zero-order valence-corrected chi connectivity index (χ0v) is 10.9. The van der Waals surface area contributed by atoms with Crippen LogP contribution in [0.25, 0.3) is 0 Å². The van der Waals surface area contributed by atoms with Gasteiger partial charge in [-0.15, -0.1) is 11.6 Å². The van der Waals surface area contributed by atoms with E-state index in [-0.39, 0.29) is 5.75 Å². The van der Waals surface area contributed by atoms with Gasteiger partial charge in [0.05, 0.1) is 0 Å². The molecular formula is C14H17ClO3. The van der Waals surface area contributed by atoms with Gasteiger partial charge in [-0.2, -0.15) is 0 Å². The van der Waals surface area contributed by atoms with Gasteiger partial charge in [-0.25, -0.2) is 0 Å². The number of phenols is 1. The Morgan fingerprint density at radius 1 is 1.28 bits per heavy atom. The second-order valence-corrected chi connectivity index (χ2v) is 5.29. The summed E-state index contributed by atoms with van der Waals surface area (Å²) in [5.74, 6) is -0.529. The molecule has 1 aliphatic carbocycles. The molecule has 1 aromatic rings. The molecule has 1 saturated carbocycles. The number of hydrogen-bond donors (Lipinski definition) is 2. The number of alkyl halides is 1. The summed E-state index contributed by atoms with van der Waals surface area (Å²) in [5, 5.41) is 17.8. The molecule has 0 aliphatic heterocycles. The van der Waals surface area contributed by atoms with E-state index in [9.17, 15) is 9.90 Å². The van der Waals surface area contributed by atoms with Gasteiger partial charge in [-0.05, 0) is 36.0 Å². The fraction of sp³-hybridized carbons (Fsp3) is 0.500. The Bertz CT molecular complexity index is 439. The first kappa shape index (κ1) is 13.2. The largest absolute Gasteiger partial charge is 0.508 e. The van der Waals surface area contributed by atoms with Gasteiger partial charge >= 0.3 is 5.97 Å². The smallest absolute Gasteiger partial charge is 0.326 e. The van der Waals surface area contributed by atoms with E-state index in [4.69, 9.17) is 16.7 Å². The van der Waals surface area contributed by atoms with Gasteiger partial charge in [0, 0.05) is 0 Å². The fourth-order valence-electron chi connectivity index (χ4n) is 2.62. The Hall–Kier alpha value is -1.22. The maximum absolute atomic E-state index is 10.8. The van der Waals surface area contributed by atoms with Crippen LogP contribution in [-0.2, 0) is 4.79 Å². The van der Waals surface area contributed by atoms with Crippen LogP contribution >= 0.6 is 11.6 Å². The number of carboxylic acids is 1. The highest BCUT2D eigenvalue weighted by Crippen LogP contribution is 2.38. The minimum atomic E-state index is -1.10. The minimum Gasteiger partial charge on any atom is -0.508 e. The Balaban J connectivity index is 2.21. The van der Waals surface area contributed by atoms with E-state index in [1.807, 2.05) is 6.07 Å². The summed E-state index contributed by atoms with van der Waals surface area (Å²) in [6.45, 7) is 0. The quantitative estimate of drug-likeness (QED) is 0.820. The van der Waals surface area contributed by atoms with Crippen molar-refractivity contribution in [3.63, 3.8) is 0 Å². The summed E-state index contributed by atoms with van der Waals surface area (Å²) in [7, 11) is 0. The summed E-state index contributed by atoms with van der Waals surface area (Å²) in [6, 6.07) is 5.00. The molecule has 0 radical (unpaired) electrons. The molecule has 1 fully saturated rings. The highest BCUT2D eigenvalue weighted by molar-refractivity contribution is 6.29. The number of hydrogen-bond acceptors (Lipinski definition) is 2. The molecule has 18 heavy (non-hydrogen) atoms. The van der Waals surface area contributed by atoms with Gasteiger partial charge in [-0.3, -0.25) is 4.79 Å². The molecule has 0 heterocycles.